The summed E-state index contributed by atoms with van der Waals surface area (Å²) in [5.41, 5.74) is 0. The molecule has 16 heavy (non-hydrogen) atoms. The minimum absolute atomic E-state index is 0.193. The lowest BCUT2D eigenvalue weighted by Gasteiger charge is -2.36. The van der Waals surface area contributed by atoms with Crippen LogP contribution in [0.4, 0.5) is 0 Å². The monoisotopic (exact) mass is 230 g/mol. The maximum Gasteiger partial charge on any atom is 0.303 e. The molecule has 0 aromatic rings. The fourth-order valence-electron chi connectivity index (χ4n) is 1.87. The van der Waals surface area contributed by atoms with E-state index in [0.29, 0.717) is 13.0 Å². The largest absolute Gasteiger partial charge is 0.458 e. The first-order valence-electron chi connectivity index (χ1n) is 5.50. The quantitative estimate of drug-likeness (QED) is 0.678. The van der Waals surface area contributed by atoms with Crippen LogP contribution in [0.3, 0.4) is 0 Å². The van der Waals surface area contributed by atoms with Gasteiger partial charge in [0, 0.05) is 20.3 Å². The molecule has 3 unspecified atom stereocenters. The zero-order valence-electron chi connectivity index (χ0n) is 9.89. The molecule has 1 aliphatic rings. The fraction of sp³-hybridized carbons (Fsp3) is 0.818. The average Bonchev–Trinajstić information content (AvgIpc) is 2.19. The van der Waals surface area contributed by atoms with Gasteiger partial charge in [-0.3, -0.25) is 9.59 Å². The lowest BCUT2D eigenvalue weighted by molar-refractivity contribution is -0.193. The Morgan fingerprint density at radius 1 is 1.25 bits per heavy atom. The van der Waals surface area contributed by atoms with Gasteiger partial charge in [0.2, 0.25) is 0 Å². The molecule has 1 aliphatic heterocycles. The van der Waals surface area contributed by atoms with Gasteiger partial charge >= 0.3 is 11.9 Å². The summed E-state index contributed by atoms with van der Waals surface area (Å²) in [7, 11) is 0. The van der Waals surface area contributed by atoms with E-state index >= 15 is 0 Å². The van der Waals surface area contributed by atoms with Crippen molar-refractivity contribution in [3.8, 4) is 0 Å². The van der Waals surface area contributed by atoms with E-state index in [1.54, 1.807) is 0 Å². The lowest BCUT2D eigenvalue weighted by atomic mass is 10.00. The Hall–Kier alpha value is -1.10. The molecule has 1 heterocycles. The van der Waals surface area contributed by atoms with Gasteiger partial charge < -0.3 is 14.2 Å². The van der Waals surface area contributed by atoms with E-state index in [4.69, 9.17) is 14.2 Å². The lowest BCUT2D eigenvalue weighted by Crippen LogP contribution is -2.48. The highest BCUT2D eigenvalue weighted by molar-refractivity contribution is 5.67. The van der Waals surface area contributed by atoms with Crippen molar-refractivity contribution < 1.29 is 23.8 Å². The maximum atomic E-state index is 11.0. The summed E-state index contributed by atoms with van der Waals surface area (Å²) >= 11 is 0. The van der Waals surface area contributed by atoms with Gasteiger partial charge in [0.15, 0.2) is 6.10 Å². The van der Waals surface area contributed by atoms with Crippen LogP contribution in [-0.2, 0) is 23.8 Å². The van der Waals surface area contributed by atoms with Crippen LogP contribution in [0.5, 0.6) is 0 Å². The maximum absolute atomic E-state index is 11.0. The molecule has 1 fully saturated rings. The summed E-state index contributed by atoms with van der Waals surface area (Å²) in [4.78, 5) is 21.9. The third-order valence-corrected chi connectivity index (χ3v) is 2.49. The molecular formula is C11H18O5. The zero-order chi connectivity index (χ0) is 12.1. The highest BCUT2D eigenvalue weighted by atomic mass is 16.6. The summed E-state index contributed by atoms with van der Waals surface area (Å²) < 4.78 is 15.8. The second-order valence-corrected chi connectivity index (χ2v) is 3.83. The first-order chi connectivity index (χ1) is 7.54. The number of hydrogen-bond donors (Lipinski definition) is 0. The van der Waals surface area contributed by atoms with Crippen LogP contribution in [0.15, 0.2) is 0 Å². The molecular weight excluding hydrogens is 212 g/mol. The summed E-state index contributed by atoms with van der Waals surface area (Å²) in [5.74, 6) is -0.745. The van der Waals surface area contributed by atoms with Gasteiger partial charge in [-0.05, 0) is 6.42 Å². The van der Waals surface area contributed by atoms with Gasteiger partial charge in [0.25, 0.3) is 0 Å². The summed E-state index contributed by atoms with van der Waals surface area (Å²) in [6, 6.07) is 0. The van der Waals surface area contributed by atoms with Gasteiger partial charge in [-0.15, -0.1) is 0 Å². The molecule has 0 aliphatic carbocycles. The van der Waals surface area contributed by atoms with Crippen molar-refractivity contribution in [2.75, 3.05) is 6.61 Å². The normalized spacial score (nSPS) is 29.6. The van der Waals surface area contributed by atoms with Crippen molar-refractivity contribution in [2.45, 2.75) is 51.9 Å². The predicted molar refractivity (Wildman–Crippen MR) is 55.8 cm³/mol. The van der Waals surface area contributed by atoms with Gasteiger partial charge in [0.05, 0.1) is 12.7 Å². The molecule has 92 valence electrons. The third kappa shape index (κ3) is 3.48. The zero-order valence-corrected chi connectivity index (χ0v) is 9.89. The number of rotatable bonds is 3. The van der Waals surface area contributed by atoms with Crippen molar-refractivity contribution in [3.63, 3.8) is 0 Å². The number of carbonyl (C=O) groups is 2. The Morgan fingerprint density at radius 2 is 1.88 bits per heavy atom. The van der Waals surface area contributed by atoms with E-state index < -0.39 is 6.10 Å². The van der Waals surface area contributed by atoms with E-state index in [1.807, 2.05) is 6.92 Å². The Bertz CT molecular complexity index is 263. The van der Waals surface area contributed by atoms with E-state index in [-0.39, 0.29) is 24.1 Å². The molecule has 0 aromatic carbocycles. The number of ether oxygens (including phenoxy) is 3. The van der Waals surface area contributed by atoms with Crippen LogP contribution in [0, 0.1) is 0 Å². The molecule has 5 heteroatoms. The second-order valence-electron chi connectivity index (χ2n) is 3.83. The Balaban J connectivity index is 2.69. The van der Waals surface area contributed by atoms with Crippen molar-refractivity contribution in [3.05, 3.63) is 0 Å². The highest BCUT2D eigenvalue weighted by Crippen LogP contribution is 2.23. The van der Waals surface area contributed by atoms with Crippen molar-refractivity contribution in [2.24, 2.45) is 0 Å². The summed E-state index contributed by atoms with van der Waals surface area (Å²) in [6.07, 6.45) is 0.214. The number of esters is 2. The molecule has 0 N–H and O–H groups in total. The van der Waals surface area contributed by atoms with Crippen molar-refractivity contribution >= 4 is 11.9 Å². The third-order valence-electron chi connectivity index (χ3n) is 2.49. The molecule has 1 saturated heterocycles. The minimum atomic E-state index is -0.486. The molecule has 5 nitrogen and oxygen atoms in total. The molecule has 0 amide bonds. The Morgan fingerprint density at radius 3 is 2.38 bits per heavy atom. The second kappa shape index (κ2) is 5.84. The number of hydrogen-bond acceptors (Lipinski definition) is 5. The molecule has 0 aromatic heterocycles. The first kappa shape index (κ1) is 13.0. The molecule has 0 radical (unpaired) electrons. The predicted octanol–water partition coefficient (Wildman–Crippen LogP) is 1.05. The van der Waals surface area contributed by atoms with Crippen LogP contribution in [0.25, 0.3) is 0 Å². The minimum Gasteiger partial charge on any atom is -0.458 e. The molecule has 3 atom stereocenters. The molecule has 0 bridgehead atoms. The van der Waals surface area contributed by atoms with Gasteiger partial charge in [-0.1, -0.05) is 6.92 Å². The first-order valence-corrected chi connectivity index (χ1v) is 5.50. The van der Waals surface area contributed by atoms with Gasteiger partial charge in [-0.25, -0.2) is 0 Å². The van der Waals surface area contributed by atoms with Crippen LogP contribution < -0.4 is 0 Å². The van der Waals surface area contributed by atoms with Crippen molar-refractivity contribution in [1.82, 2.24) is 0 Å². The van der Waals surface area contributed by atoms with E-state index in [0.717, 1.165) is 6.42 Å². The molecule has 0 saturated carbocycles. The van der Waals surface area contributed by atoms with Crippen LogP contribution >= 0.6 is 0 Å². The van der Waals surface area contributed by atoms with E-state index in [2.05, 4.69) is 0 Å². The number of carbonyl (C=O) groups excluding carboxylic acids is 2. The van der Waals surface area contributed by atoms with Crippen LogP contribution in [0.1, 0.15) is 33.6 Å². The van der Waals surface area contributed by atoms with Gasteiger partial charge in [-0.2, -0.15) is 0 Å². The van der Waals surface area contributed by atoms with E-state index in [9.17, 15) is 9.59 Å². The summed E-state index contributed by atoms with van der Waals surface area (Å²) in [5, 5.41) is 0. The Kier molecular flexibility index (Phi) is 4.73. The van der Waals surface area contributed by atoms with Crippen molar-refractivity contribution in [1.29, 1.82) is 0 Å². The highest BCUT2D eigenvalue weighted by Gasteiger charge is 2.37. The molecule has 0 spiro atoms. The van der Waals surface area contributed by atoms with E-state index in [1.165, 1.54) is 13.8 Å². The van der Waals surface area contributed by atoms with Gasteiger partial charge in [0.1, 0.15) is 6.10 Å². The Labute approximate surface area is 95.0 Å². The van der Waals surface area contributed by atoms with Crippen LogP contribution in [-0.4, -0.2) is 36.9 Å². The standard InChI is InChI=1S/C11H18O5/c1-4-9-11(16-8(3)13)10(5-6-14-9)15-7(2)12/h9-11H,4-6H2,1-3H3. The molecule has 1 rings (SSSR count). The fourth-order valence-corrected chi connectivity index (χ4v) is 1.87. The SMILES string of the molecule is CCC1OCCC(OC(C)=O)C1OC(C)=O. The smallest absolute Gasteiger partial charge is 0.303 e. The topological polar surface area (TPSA) is 61.8 Å². The average molecular weight is 230 g/mol. The summed E-state index contributed by atoms with van der Waals surface area (Å²) in [6.45, 7) is 5.15. The van der Waals surface area contributed by atoms with Crippen LogP contribution in [0.2, 0.25) is 0 Å².